The van der Waals surface area contributed by atoms with Crippen molar-refractivity contribution < 1.29 is 37.4 Å². The molecule has 2 amide bonds. The number of anilines is 1. The highest BCUT2D eigenvalue weighted by Gasteiger charge is 2.53. The topological polar surface area (TPSA) is 87.2 Å². The number of carboxylic acids is 1. The fraction of sp³-hybridized carbons (Fsp3) is 0.464. The number of alkyl halides is 3. The summed E-state index contributed by atoms with van der Waals surface area (Å²) in [6.45, 7) is 0. The summed E-state index contributed by atoms with van der Waals surface area (Å²) in [5, 5.41) is 9.12. The monoisotopic (exact) mass is 530 g/mol. The zero-order valence-corrected chi connectivity index (χ0v) is 20.6. The number of carboxylic acid groups (broad SMARTS) is 1. The molecule has 2 aliphatic carbocycles. The van der Waals surface area contributed by atoms with Crippen LogP contribution in [0.25, 0.3) is 0 Å². The molecule has 3 aliphatic rings. The first-order valence-electron chi connectivity index (χ1n) is 12.9. The van der Waals surface area contributed by atoms with Gasteiger partial charge in [-0.2, -0.15) is 13.2 Å². The average Bonchev–Trinajstić information content (AvgIpc) is 3.61. The van der Waals surface area contributed by atoms with E-state index in [0.29, 0.717) is 24.1 Å². The maximum absolute atomic E-state index is 14.0. The number of para-hydroxylation sites is 1. The number of hydrogen-bond acceptors (Lipinski definition) is 4. The second-order valence-electron chi connectivity index (χ2n) is 10.2. The van der Waals surface area contributed by atoms with Crippen LogP contribution in [0.15, 0.2) is 54.6 Å². The molecular formula is C28H29F3N2O5. The number of fused-ring (bicyclic) bond motifs is 2. The van der Waals surface area contributed by atoms with Crippen LogP contribution in [-0.4, -0.2) is 46.2 Å². The molecule has 1 N–H and O–H groups in total. The molecule has 2 saturated carbocycles. The van der Waals surface area contributed by atoms with Gasteiger partial charge < -0.3 is 14.7 Å². The summed E-state index contributed by atoms with van der Waals surface area (Å²) < 4.78 is 47.2. The first-order chi connectivity index (χ1) is 18.2. The summed E-state index contributed by atoms with van der Waals surface area (Å²) in [5.41, 5.74) is 0.936. The van der Waals surface area contributed by atoms with Gasteiger partial charge in [0.2, 0.25) is 12.0 Å². The number of halogens is 3. The second-order valence-corrected chi connectivity index (χ2v) is 10.2. The van der Waals surface area contributed by atoms with Crippen LogP contribution >= 0.6 is 0 Å². The van der Waals surface area contributed by atoms with Crippen LogP contribution in [0.3, 0.4) is 0 Å². The third-order valence-corrected chi connectivity index (χ3v) is 7.68. The number of aliphatic carboxylic acids is 1. The van der Waals surface area contributed by atoms with Crippen molar-refractivity contribution in [3.63, 3.8) is 0 Å². The van der Waals surface area contributed by atoms with Crippen LogP contribution in [0.1, 0.15) is 68.2 Å². The maximum atomic E-state index is 14.0. The fourth-order valence-corrected chi connectivity index (χ4v) is 6.01. The Morgan fingerprint density at radius 3 is 2.32 bits per heavy atom. The summed E-state index contributed by atoms with van der Waals surface area (Å²) in [5.74, 6) is -1.51. The molecule has 1 heterocycles. The van der Waals surface area contributed by atoms with Gasteiger partial charge in [0.1, 0.15) is 0 Å². The number of carbonyl (C=O) groups excluding carboxylic acids is 2. The van der Waals surface area contributed by atoms with Gasteiger partial charge in [0.05, 0.1) is 18.2 Å². The van der Waals surface area contributed by atoms with Gasteiger partial charge in [0.15, 0.2) is 0 Å². The predicted octanol–water partition coefficient (Wildman–Crippen LogP) is 6.01. The van der Waals surface area contributed by atoms with E-state index in [-0.39, 0.29) is 42.3 Å². The molecule has 2 aromatic carbocycles. The van der Waals surface area contributed by atoms with Gasteiger partial charge in [-0.1, -0.05) is 55.0 Å². The van der Waals surface area contributed by atoms with E-state index >= 15 is 0 Å². The van der Waals surface area contributed by atoms with Crippen molar-refractivity contribution in [3.8, 4) is 0 Å². The Balaban J connectivity index is 1.50. The Kier molecular flexibility index (Phi) is 7.07. The third kappa shape index (κ3) is 5.08. The number of ether oxygens (including phenoxy) is 1. The van der Waals surface area contributed by atoms with E-state index in [2.05, 4.69) is 0 Å². The van der Waals surface area contributed by atoms with E-state index in [1.165, 1.54) is 29.2 Å². The van der Waals surface area contributed by atoms with E-state index in [4.69, 9.17) is 9.84 Å². The lowest BCUT2D eigenvalue weighted by atomic mass is 9.81. The fourth-order valence-electron chi connectivity index (χ4n) is 6.01. The van der Waals surface area contributed by atoms with Crippen molar-refractivity contribution in [2.45, 2.75) is 75.4 Å². The van der Waals surface area contributed by atoms with E-state index in [1.807, 2.05) is 0 Å². The molecule has 2 fully saturated rings. The summed E-state index contributed by atoms with van der Waals surface area (Å²) >= 11 is 0. The molecule has 0 spiro atoms. The summed E-state index contributed by atoms with van der Waals surface area (Å²) in [7, 11) is 0. The normalized spacial score (nSPS) is 23.2. The van der Waals surface area contributed by atoms with Gasteiger partial charge in [-0.15, -0.1) is 0 Å². The van der Waals surface area contributed by atoms with Gasteiger partial charge >= 0.3 is 18.2 Å². The summed E-state index contributed by atoms with van der Waals surface area (Å²) in [6, 6.07) is 13.2. The van der Waals surface area contributed by atoms with Crippen molar-refractivity contribution in [1.29, 1.82) is 0 Å². The molecule has 7 nitrogen and oxygen atoms in total. The summed E-state index contributed by atoms with van der Waals surface area (Å²) in [6.07, 6.45) is -5.08. The van der Waals surface area contributed by atoms with Crippen molar-refractivity contribution in [3.05, 3.63) is 65.7 Å². The Labute approximate surface area is 218 Å². The number of benzene rings is 2. The van der Waals surface area contributed by atoms with Crippen LogP contribution in [-0.2, 0) is 14.3 Å². The highest BCUT2D eigenvalue weighted by Crippen LogP contribution is 2.53. The highest BCUT2D eigenvalue weighted by molar-refractivity contribution is 5.91. The first-order valence-corrected chi connectivity index (χ1v) is 12.9. The van der Waals surface area contributed by atoms with Gasteiger partial charge in [0.25, 0.3) is 0 Å². The zero-order valence-electron chi connectivity index (χ0n) is 20.6. The quantitative estimate of drug-likeness (QED) is 0.474. The second kappa shape index (κ2) is 10.3. The van der Waals surface area contributed by atoms with Crippen LogP contribution in [0.2, 0.25) is 0 Å². The molecule has 4 atom stereocenters. The SMILES string of the molecule is O=C(O)CCC(=O)N(C1CC1)C1c2ccccc2N(C(=O)O[C@@H](c2ccccc2)C(F)(F)F)C2CCCC21. The number of nitrogens with zero attached hydrogens (tertiary/aromatic N) is 2. The lowest BCUT2D eigenvalue weighted by Crippen LogP contribution is -2.53. The van der Waals surface area contributed by atoms with Crippen LogP contribution < -0.4 is 4.90 Å². The Morgan fingerprint density at radius 2 is 1.66 bits per heavy atom. The standard InChI is InChI=1S/C28H29F3N2O5/c29-28(30,31)26(17-7-2-1-3-8-17)38-27(37)33-21-11-5-4-9-19(21)25(20-10-6-12-22(20)33)32(18-13-14-18)23(34)15-16-24(35)36/h1-5,7-9,11,18,20,22,25-26H,6,10,12-16H2,(H,35,36)/t20?,22?,25?,26-/m0/s1. The van der Waals surface area contributed by atoms with Gasteiger partial charge in [-0.3, -0.25) is 14.5 Å². The largest absolute Gasteiger partial charge is 0.481 e. The minimum atomic E-state index is -4.80. The van der Waals surface area contributed by atoms with E-state index in [0.717, 1.165) is 19.3 Å². The average molecular weight is 531 g/mol. The lowest BCUT2D eigenvalue weighted by Gasteiger charge is -2.47. The molecule has 202 valence electrons. The molecule has 0 bridgehead atoms. The molecule has 5 rings (SSSR count). The minimum absolute atomic E-state index is 0.0122. The van der Waals surface area contributed by atoms with Crippen LogP contribution in [0, 0.1) is 5.92 Å². The molecule has 0 radical (unpaired) electrons. The maximum Gasteiger partial charge on any atom is 0.429 e. The minimum Gasteiger partial charge on any atom is -0.481 e. The third-order valence-electron chi connectivity index (χ3n) is 7.68. The first kappa shape index (κ1) is 26.1. The predicted molar refractivity (Wildman–Crippen MR) is 131 cm³/mol. The number of carbonyl (C=O) groups is 3. The lowest BCUT2D eigenvalue weighted by molar-refractivity contribution is -0.206. The Hall–Kier alpha value is -3.56. The van der Waals surface area contributed by atoms with Crippen LogP contribution in [0.4, 0.5) is 23.7 Å². The zero-order chi connectivity index (χ0) is 27.0. The number of hydrogen-bond donors (Lipinski definition) is 1. The van der Waals surface area contributed by atoms with E-state index in [1.54, 1.807) is 35.2 Å². The van der Waals surface area contributed by atoms with Crippen LogP contribution in [0.5, 0.6) is 0 Å². The van der Waals surface area contributed by atoms with Gasteiger partial charge in [-0.05, 0) is 37.3 Å². The smallest absolute Gasteiger partial charge is 0.429 e. The number of amides is 2. The van der Waals surface area contributed by atoms with Gasteiger partial charge in [-0.25, -0.2) is 4.79 Å². The molecule has 0 aromatic heterocycles. The molecule has 3 unspecified atom stereocenters. The number of rotatable bonds is 7. The van der Waals surface area contributed by atoms with Crippen molar-refractivity contribution in [1.82, 2.24) is 4.90 Å². The van der Waals surface area contributed by atoms with Gasteiger partial charge in [0, 0.05) is 30.0 Å². The van der Waals surface area contributed by atoms with E-state index < -0.39 is 30.4 Å². The van der Waals surface area contributed by atoms with E-state index in [9.17, 15) is 27.6 Å². The van der Waals surface area contributed by atoms with Crippen molar-refractivity contribution in [2.75, 3.05) is 4.90 Å². The molecule has 10 heteroatoms. The molecule has 1 aliphatic heterocycles. The Bertz CT molecular complexity index is 1200. The van der Waals surface area contributed by atoms with Crippen molar-refractivity contribution in [2.24, 2.45) is 5.92 Å². The summed E-state index contributed by atoms with van der Waals surface area (Å²) in [4.78, 5) is 41.1. The Morgan fingerprint density at radius 1 is 0.974 bits per heavy atom. The van der Waals surface area contributed by atoms with Crippen molar-refractivity contribution >= 4 is 23.7 Å². The molecule has 0 saturated heterocycles. The molecule has 38 heavy (non-hydrogen) atoms. The molecule has 2 aromatic rings. The highest BCUT2D eigenvalue weighted by atomic mass is 19.4. The molecular weight excluding hydrogens is 501 g/mol.